The number of nitrogens with one attached hydrogen (secondary N) is 1. The first kappa shape index (κ1) is 16.9. The van der Waals surface area contributed by atoms with E-state index in [9.17, 15) is 9.59 Å². The number of hydrogen-bond donors (Lipinski definition) is 1. The van der Waals surface area contributed by atoms with Crippen molar-refractivity contribution in [2.24, 2.45) is 7.05 Å². The highest BCUT2D eigenvalue weighted by atomic mass is 32.1. The number of ether oxygens (including phenoxy) is 1. The van der Waals surface area contributed by atoms with Gasteiger partial charge in [0.1, 0.15) is 11.3 Å². The van der Waals surface area contributed by atoms with Gasteiger partial charge in [-0.1, -0.05) is 6.07 Å². The summed E-state index contributed by atoms with van der Waals surface area (Å²) in [6, 6.07) is 10.2. The fourth-order valence-corrected chi connectivity index (χ4v) is 3.05. The maximum atomic E-state index is 12.3. The summed E-state index contributed by atoms with van der Waals surface area (Å²) in [6.45, 7) is 3.59. The lowest BCUT2D eigenvalue weighted by Gasteiger charge is -2.07. The number of benzene rings is 1. The van der Waals surface area contributed by atoms with Gasteiger partial charge >= 0.3 is 5.97 Å². The number of amides is 1. The van der Waals surface area contributed by atoms with Gasteiger partial charge in [-0.15, -0.1) is 11.3 Å². The van der Waals surface area contributed by atoms with Crippen molar-refractivity contribution in [1.29, 1.82) is 0 Å². The van der Waals surface area contributed by atoms with Crippen LogP contribution in [0.3, 0.4) is 0 Å². The van der Waals surface area contributed by atoms with Crippen LogP contribution in [0, 0.1) is 13.8 Å². The second-order valence-corrected chi connectivity index (χ2v) is 6.46. The standard InChI is InChI=1S/C18H17N3O3S/c1-11-16(12(2)21(3)20-11)18(23)24-14-8-6-13(7-9-14)19-17(22)15-5-4-10-25-15/h4-10H,1-3H3,(H,19,22). The number of carbonyl (C=O) groups excluding carboxylic acids is 2. The van der Waals surface area contributed by atoms with E-state index >= 15 is 0 Å². The Kier molecular flexibility index (Phi) is 4.67. The second kappa shape index (κ2) is 6.90. The Morgan fingerprint density at radius 2 is 1.88 bits per heavy atom. The molecule has 25 heavy (non-hydrogen) atoms. The van der Waals surface area contributed by atoms with Crippen molar-refractivity contribution in [2.75, 3.05) is 5.32 Å². The zero-order valence-electron chi connectivity index (χ0n) is 14.1. The van der Waals surface area contributed by atoms with Gasteiger partial charge in [0.2, 0.25) is 0 Å². The van der Waals surface area contributed by atoms with Crippen molar-refractivity contribution in [3.63, 3.8) is 0 Å². The average Bonchev–Trinajstić information content (AvgIpc) is 3.18. The summed E-state index contributed by atoms with van der Waals surface area (Å²) in [5.74, 6) is -0.207. The minimum atomic E-state index is -0.446. The number of thiophene rings is 1. The molecule has 0 saturated heterocycles. The second-order valence-electron chi connectivity index (χ2n) is 5.51. The van der Waals surface area contributed by atoms with E-state index in [4.69, 9.17) is 4.74 Å². The number of anilines is 1. The summed E-state index contributed by atoms with van der Waals surface area (Å²) in [6.07, 6.45) is 0. The molecule has 2 aromatic heterocycles. The molecule has 3 aromatic rings. The fraction of sp³-hybridized carbons (Fsp3) is 0.167. The Morgan fingerprint density at radius 1 is 1.16 bits per heavy atom. The molecule has 0 spiro atoms. The predicted octanol–water partition coefficient (Wildman–Crippen LogP) is 3.57. The van der Waals surface area contributed by atoms with Crippen LogP contribution in [-0.2, 0) is 7.05 Å². The SMILES string of the molecule is Cc1nn(C)c(C)c1C(=O)Oc1ccc(NC(=O)c2cccs2)cc1. The Morgan fingerprint density at radius 3 is 2.44 bits per heavy atom. The average molecular weight is 355 g/mol. The van der Waals surface area contributed by atoms with Gasteiger partial charge in [-0.25, -0.2) is 4.79 Å². The van der Waals surface area contributed by atoms with Gasteiger partial charge in [-0.05, 0) is 49.6 Å². The van der Waals surface area contributed by atoms with E-state index in [1.807, 2.05) is 18.4 Å². The van der Waals surface area contributed by atoms with Gasteiger partial charge in [0.15, 0.2) is 0 Å². The summed E-state index contributed by atoms with van der Waals surface area (Å²) >= 11 is 1.37. The number of aromatic nitrogens is 2. The Hall–Kier alpha value is -2.93. The normalized spacial score (nSPS) is 10.5. The zero-order chi connectivity index (χ0) is 18.0. The van der Waals surface area contributed by atoms with Crippen LogP contribution in [0.2, 0.25) is 0 Å². The monoisotopic (exact) mass is 355 g/mol. The first-order valence-electron chi connectivity index (χ1n) is 7.63. The molecule has 7 heteroatoms. The first-order chi connectivity index (χ1) is 12.0. The van der Waals surface area contributed by atoms with Gasteiger partial charge in [-0.3, -0.25) is 9.48 Å². The quantitative estimate of drug-likeness (QED) is 0.573. The number of nitrogens with zero attached hydrogens (tertiary/aromatic N) is 2. The van der Waals surface area contributed by atoms with Crippen LogP contribution in [0.15, 0.2) is 41.8 Å². The minimum absolute atomic E-state index is 0.165. The molecule has 1 N–H and O–H groups in total. The lowest BCUT2D eigenvalue weighted by Crippen LogP contribution is -2.12. The molecule has 3 rings (SSSR count). The molecule has 0 aliphatic carbocycles. The van der Waals surface area contributed by atoms with E-state index in [1.54, 1.807) is 49.0 Å². The third kappa shape index (κ3) is 3.61. The number of aryl methyl sites for hydroxylation is 2. The van der Waals surface area contributed by atoms with Crippen molar-refractivity contribution in [2.45, 2.75) is 13.8 Å². The topological polar surface area (TPSA) is 73.2 Å². The molecule has 2 heterocycles. The van der Waals surface area contributed by atoms with E-state index in [1.165, 1.54) is 11.3 Å². The largest absolute Gasteiger partial charge is 0.423 e. The molecule has 0 saturated carbocycles. The molecule has 0 bridgehead atoms. The van der Waals surface area contributed by atoms with Crippen LogP contribution in [0.4, 0.5) is 5.69 Å². The molecule has 0 fully saturated rings. The van der Waals surface area contributed by atoms with E-state index in [0.29, 0.717) is 27.6 Å². The molecular formula is C18H17N3O3S. The molecule has 6 nitrogen and oxygen atoms in total. The van der Waals surface area contributed by atoms with Gasteiger partial charge in [0, 0.05) is 18.4 Å². The maximum absolute atomic E-state index is 12.3. The molecule has 0 atom stereocenters. The van der Waals surface area contributed by atoms with E-state index < -0.39 is 5.97 Å². The highest BCUT2D eigenvalue weighted by Gasteiger charge is 2.19. The van der Waals surface area contributed by atoms with Crippen LogP contribution < -0.4 is 10.1 Å². The van der Waals surface area contributed by atoms with Crippen molar-refractivity contribution < 1.29 is 14.3 Å². The molecule has 128 valence electrons. The van der Waals surface area contributed by atoms with Gasteiger partial charge < -0.3 is 10.1 Å². The van der Waals surface area contributed by atoms with Gasteiger partial charge in [-0.2, -0.15) is 5.10 Å². The van der Waals surface area contributed by atoms with Crippen LogP contribution in [-0.4, -0.2) is 21.7 Å². The Bertz CT molecular complexity index is 912. The van der Waals surface area contributed by atoms with Crippen molar-refractivity contribution >= 4 is 28.9 Å². The summed E-state index contributed by atoms with van der Waals surface area (Å²) in [4.78, 5) is 25.0. The lowest BCUT2D eigenvalue weighted by atomic mass is 10.2. The number of carbonyl (C=O) groups is 2. The predicted molar refractivity (Wildman–Crippen MR) is 96.4 cm³/mol. The van der Waals surface area contributed by atoms with Crippen LogP contribution in [0.1, 0.15) is 31.4 Å². The van der Waals surface area contributed by atoms with Crippen molar-refractivity contribution in [3.05, 3.63) is 63.6 Å². The van der Waals surface area contributed by atoms with Crippen LogP contribution in [0.25, 0.3) is 0 Å². The molecule has 0 radical (unpaired) electrons. The molecule has 0 aliphatic rings. The molecule has 1 aromatic carbocycles. The maximum Gasteiger partial charge on any atom is 0.347 e. The lowest BCUT2D eigenvalue weighted by molar-refractivity contribution is 0.0733. The Labute approximate surface area is 149 Å². The van der Waals surface area contributed by atoms with Crippen molar-refractivity contribution in [1.82, 2.24) is 9.78 Å². The van der Waals surface area contributed by atoms with E-state index in [-0.39, 0.29) is 5.91 Å². The Balaban J connectivity index is 1.68. The highest BCUT2D eigenvalue weighted by molar-refractivity contribution is 7.12. The molecule has 0 unspecified atom stereocenters. The summed E-state index contributed by atoms with van der Waals surface area (Å²) in [5, 5.41) is 8.86. The van der Waals surface area contributed by atoms with Gasteiger partial charge in [0.25, 0.3) is 5.91 Å². The van der Waals surface area contributed by atoms with E-state index in [2.05, 4.69) is 10.4 Å². The van der Waals surface area contributed by atoms with Crippen molar-refractivity contribution in [3.8, 4) is 5.75 Å². The molecule has 1 amide bonds. The molecule has 0 aliphatic heterocycles. The number of hydrogen-bond acceptors (Lipinski definition) is 5. The fourth-order valence-electron chi connectivity index (χ4n) is 2.43. The number of rotatable bonds is 4. The van der Waals surface area contributed by atoms with Gasteiger partial charge in [0.05, 0.1) is 10.6 Å². The van der Waals surface area contributed by atoms with Crippen LogP contribution in [0.5, 0.6) is 5.75 Å². The van der Waals surface area contributed by atoms with E-state index in [0.717, 1.165) is 5.69 Å². The summed E-state index contributed by atoms with van der Waals surface area (Å²) in [5.41, 5.74) is 2.48. The molecular weight excluding hydrogens is 338 g/mol. The zero-order valence-corrected chi connectivity index (χ0v) is 14.9. The minimum Gasteiger partial charge on any atom is -0.423 e. The third-order valence-corrected chi connectivity index (χ3v) is 4.65. The number of esters is 1. The third-order valence-electron chi connectivity index (χ3n) is 3.78. The smallest absolute Gasteiger partial charge is 0.347 e. The summed E-state index contributed by atoms with van der Waals surface area (Å²) < 4.78 is 7.05. The highest BCUT2D eigenvalue weighted by Crippen LogP contribution is 2.20. The van der Waals surface area contributed by atoms with Crippen LogP contribution >= 0.6 is 11.3 Å². The summed E-state index contributed by atoms with van der Waals surface area (Å²) in [7, 11) is 1.78. The first-order valence-corrected chi connectivity index (χ1v) is 8.51.